The maximum atomic E-state index is 13.3. The molecule has 156 valence electrons. The van der Waals surface area contributed by atoms with E-state index in [2.05, 4.69) is 78.1 Å². The van der Waals surface area contributed by atoms with E-state index in [4.69, 9.17) is 0 Å². The van der Waals surface area contributed by atoms with Crippen LogP contribution in [0.2, 0.25) is 0 Å². The van der Waals surface area contributed by atoms with Crippen molar-refractivity contribution < 1.29 is 4.79 Å². The van der Waals surface area contributed by atoms with Crippen LogP contribution in [0.1, 0.15) is 5.56 Å². The Morgan fingerprint density at radius 3 is 1.32 bits per heavy atom. The first-order chi connectivity index (χ1) is 14.8. The molecule has 4 aromatic rings. The van der Waals surface area contributed by atoms with E-state index >= 15 is 0 Å². The second kappa shape index (κ2) is 10.9. The molecule has 0 aromatic heterocycles. The lowest BCUT2D eigenvalue weighted by atomic mass is 10.2. The van der Waals surface area contributed by atoms with Gasteiger partial charge < -0.3 is 5.32 Å². The summed E-state index contributed by atoms with van der Waals surface area (Å²) >= 11 is 0. The molecule has 0 aliphatic rings. The molecule has 0 heterocycles. The molecule has 1 amide bonds. The van der Waals surface area contributed by atoms with Crippen molar-refractivity contribution in [3.8, 4) is 0 Å². The molecule has 0 saturated heterocycles. The Labute approximate surface area is 191 Å². The largest absolute Gasteiger partial charge is 0.349 e. The standard InChI is InChI=1S/C27H24NOP.ClH/c29-27(28-21-23-13-5-1-6-14-23)22-30(24-15-7-2-8-16-24,25-17-9-3-10-18-25)26-19-11-4-12-20-26;/h1-20H,21-22H2;1H/p+1. The van der Waals surface area contributed by atoms with Gasteiger partial charge in [0.15, 0.2) is 6.16 Å². The number of nitrogens with one attached hydrogen (secondary N) is 1. The Hall–Kier alpha value is -2.93. The van der Waals surface area contributed by atoms with Crippen LogP contribution in [0.25, 0.3) is 0 Å². The van der Waals surface area contributed by atoms with Crippen LogP contribution in [0, 0.1) is 0 Å². The monoisotopic (exact) mass is 446 g/mol. The van der Waals surface area contributed by atoms with Crippen LogP contribution in [0.5, 0.6) is 0 Å². The van der Waals surface area contributed by atoms with Gasteiger partial charge in [0.25, 0.3) is 5.91 Å². The number of carbonyl (C=O) groups is 1. The summed E-state index contributed by atoms with van der Waals surface area (Å²) in [4.78, 5) is 13.3. The van der Waals surface area contributed by atoms with Crippen molar-refractivity contribution in [2.45, 2.75) is 6.54 Å². The minimum atomic E-state index is -2.14. The Morgan fingerprint density at radius 1 is 0.581 bits per heavy atom. The highest BCUT2D eigenvalue weighted by atomic mass is 35.5. The number of benzene rings is 4. The highest BCUT2D eigenvalue weighted by molar-refractivity contribution is 7.96. The van der Waals surface area contributed by atoms with Gasteiger partial charge in [-0.2, -0.15) is 0 Å². The molecule has 0 radical (unpaired) electrons. The molecule has 0 bridgehead atoms. The third-order valence-electron chi connectivity index (χ3n) is 5.30. The van der Waals surface area contributed by atoms with Gasteiger partial charge in [0, 0.05) is 6.54 Å². The first kappa shape index (κ1) is 22.7. The van der Waals surface area contributed by atoms with Gasteiger partial charge in [-0.05, 0) is 42.0 Å². The third kappa shape index (κ3) is 5.22. The number of amides is 1. The van der Waals surface area contributed by atoms with Crippen LogP contribution in [-0.4, -0.2) is 12.1 Å². The number of rotatable bonds is 7. The van der Waals surface area contributed by atoms with Crippen molar-refractivity contribution >= 4 is 41.5 Å². The fourth-order valence-electron chi connectivity index (χ4n) is 3.84. The van der Waals surface area contributed by atoms with Gasteiger partial charge in [0.05, 0.1) is 0 Å². The zero-order valence-corrected chi connectivity index (χ0v) is 18.9. The van der Waals surface area contributed by atoms with E-state index in [1.54, 1.807) is 0 Å². The molecule has 2 nitrogen and oxygen atoms in total. The molecule has 0 aliphatic heterocycles. The topological polar surface area (TPSA) is 29.1 Å². The second-order valence-electron chi connectivity index (χ2n) is 7.24. The maximum absolute atomic E-state index is 13.3. The zero-order chi connectivity index (χ0) is 20.7. The molecule has 4 heteroatoms. The molecule has 0 unspecified atom stereocenters. The lowest BCUT2D eigenvalue weighted by Gasteiger charge is -2.27. The molecule has 31 heavy (non-hydrogen) atoms. The lowest BCUT2D eigenvalue weighted by molar-refractivity contribution is -0.118. The smallest absolute Gasteiger partial charge is 0.259 e. The minimum Gasteiger partial charge on any atom is -0.349 e. The molecule has 0 aliphatic carbocycles. The summed E-state index contributed by atoms with van der Waals surface area (Å²) in [6.07, 6.45) is 0.442. The van der Waals surface area contributed by atoms with Gasteiger partial charge in [-0.25, -0.2) is 0 Å². The molecule has 0 spiro atoms. The van der Waals surface area contributed by atoms with E-state index in [0.717, 1.165) is 5.56 Å². The van der Waals surface area contributed by atoms with Crippen LogP contribution < -0.4 is 21.2 Å². The van der Waals surface area contributed by atoms with Gasteiger partial charge >= 0.3 is 0 Å². The molecule has 4 aromatic carbocycles. The molecule has 0 atom stereocenters. The SMILES string of the molecule is Cl.O=C(C[P+](c1ccccc1)(c1ccccc1)c1ccccc1)NCc1ccccc1. The summed E-state index contributed by atoms with van der Waals surface area (Å²) in [5.41, 5.74) is 1.11. The van der Waals surface area contributed by atoms with Crippen molar-refractivity contribution in [3.63, 3.8) is 0 Å². The maximum Gasteiger partial charge on any atom is 0.259 e. The Morgan fingerprint density at radius 2 is 0.935 bits per heavy atom. The molecular formula is C27H26ClNOP+. The molecule has 4 rings (SSSR count). The fourth-order valence-corrected chi connectivity index (χ4v) is 7.86. The Bertz CT molecular complexity index is 977. The van der Waals surface area contributed by atoms with E-state index in [0.29, 0.717) is 12.7 Å². The zero-order valence-electron chi connectivity index (χ0n) is 17.2. The average Bonchev–Trinajstić information content (AvgIpc) is 2.83. The molecule has 0 saturated carbocycles. The third-order valence-corrected chi connectivity index (χ3v) is 9.60. The highest BCUT2D eigenvalue weighted by Crippen LogP contribution is 2.54. The van der Waals surface area contributed by atoms with Gasteiger partial charge in [-0.3, -0.25) is 4.79 Å². The summed E-state index contributed by atoms with van der Waals surface area (Å²) in [6.45, 7) is 0.540. The second-order valence-corrected chi connectivity index (χ2v) is 10.7. The number of hydrogen-bond donors (Lipinski definition) is 1. The molecule has 1 N–H and O–H groups in total. The van der Waals surface area contributed by atoms with Crippen molar-refractivity contribution in [2.24, 2.45) is 0 Å². The van der Waals surface area contributed by atoms with Gasteiger partial charge in [-0.15, -0.1) is 12.4 Å². The summed E-state index contributed by atoms with van der Waals surface area (Å²) in [6, 6.07) is 41.5. The Kier molecular flexibility index (Phi) is 8.00. The summed E-state index contributed by atoms with van der Waals surface area (Å²) < 4.78 is 0. The predicted molar refractivity (Wildman–Crippen MR) is 136 cm³/mol. The van der Waals surface area contributed by atoms with E-state index in [9.17, 15) is 4.79 Å². The van der Waals surface area contributed by atoms with Gasteiger partial charge in [0.1, 0.15) is 23.2 Å². The van der Waals surface area contributed by atoms with Crippen LogP contribution in [-0.2, 0) is 11.3 Å². The molecular weight excluding hydrogens is 421 g/mol. The summed E-state index contributed by atoms with van der Waals surface area (Å²) in [7, 11) is -2.14. The molecule has 0 fully saturated rings. The van der Waals surface area contributed by atoms with Crippen molar-refractivity contribution in [1.29, 1.82) is 0 Å². The number of hydrogen-bond acceptors (Lipinski definition) is 1. The van der Waals surface area contributed by atoms with Crippen molar-refractivity contribution in [2.75, 3.05) is 6.16 Å². The summed E-state index contributed by atoms with van der Waals surface area (Å²) in [5, 5.41) is 6.81. The number of halogens is 1. The van der Waals surface area contributed by atoms with Gasteiger partial charge in [0.2, 0.25) is 0 Å². The van der Waals surface area contributed by atoms with Crippen molar-refractivity contribution in [3.05, 3.63) is 127 Å². The predicted octanol–water partition coefficient (Wildman–Crippen LogP) is 4.72. The van der Waals surface area contributed by atoms with Crippen LogP contribution in [0.4, 0.5) is 0 Å². The Balaban J connectivity index is 0.00000272. The highest BCUT2D eigenvalue weighted by Gasteiger charge is 2.47. The van der Waals surface area contributed by atoms with E-state index in [1.165, 1.54) is 15.9 Å². The first-order valence-corrected chi connectivity index (χ1v) is 12.1. The van der Waals surface area contributed by atoms with Crippen molar-refractivity contribution in [1.82, 2.24) is 5.32 Å². The normalized spacial score (nSPS) is 10.7. The van der Waals surface area contributed by atoms with E-state index in [1.807, 2.05) is 48.5 Å². The number of carbonyl (C=O) groups excluding carboxylic acids is 1. The van der Waals surface area contributed by atoms with Gasteiger partial charge in [-0.1, -0.05) is 84.9 Å². The minimum absolute atomic E-state index is 0. The van der Waals surface area contributed by atoms with Crippen LogP contribution in [0.15, 0.2) is 121 Å². The quantitative estimate of drug-likeness (QED) is 0.409. The fraction of sp³-hybridized carbons (Fsp3) is 0.0741. The van der Waals surface area contributed by atoms with E-state index < -0.39 is 7.26 Å². The van der Waals surface area contributed by atoms with E-state index in [-0.39, 0.29) is 18.3 Å². The average molecular weight is 447 g/mol. The summed E-state index contributed by atoms with van der Waals surface area (Å²) in [5.74, 6) is 0.0729. The lowest BCUT2D eigenvalue weighted by Crippen LogP contribution is -2.39. The van der Waals surface area contributed by atoms with Crippen LogP contribution in [0.3, 0.4) is 0 Å². The first-order valence-electron chi connectivity index (χ1n) is 10.1. The van der Waals surface area contributed by atoms with Crippen LogP contribution >= 0.6 is 19.7 Å².